The Kier molecular flexibility index (Phi) is 4.43. The van der Waals surface area contributed by atoms with Gasteiger partial charge in [0.15, 0.2) is 0 Å². The summed E-state index contributed by atoms with van der Waals surface area (Å²) in [6, 6.07) is 5.99. The van der Waals surface area contributed by atoms with Gasteiger partial charge < -0.3 is 10.1 Å². The van der Waals surface area contributed by atoms with E-state index in [2.05, 4.69) is 19.4 Å². The van der Waals surface area contributed by atoms with Crippen LogP contribution in [0.25, 0.3) is 0 Å². The maximum Gasteiger partial charge on any atom is 0.573 e. The van der Waals surface area contributed by atoms with Crippen LogP contribution in [-0.2, 0) is 13.0 Å². The predicted molar refractivity (Wildman–Crippen MR) is 69.7 cm³/mol. The van der Waals surface area contributed by atoms with Crippen LogP contribution in [0.1, 0.15) is 18.3 Å². The predicted octanol–water partition coefficient (Wildman–Crippen LogP) is 3.61. The van der Waals surface area contributed by atoms with E-state index in [9.17, 15) is 13.2 Å². The van der Waals surface area contributed by atoms with Gasteiger partial charge in [0.25, 0.3) is 0 Å². The molecule has 1 aromatic carbocycles. The van der Waals surface area contributed by atoms with E-state index in [1.54, 1.807) is 12.1 Å². The van der Waals surface area contributed by atoms with Crippen molar-refractivity contribution in [3.8, 4) is 5.75 Å². The number of aryl methyl sites for hydroxylation is 1. The van der Waals surface area contributed by atoms with Crippen LogP contribution in [0.5, 0.6) is 5.75 Å². The lowest BCUT2D eigenvalue weighted by molar-refractivity contribution is -0.274. The molecule has 1 aromatic heterocycles. The van der Waals surface area contributed by atoms with Gasteiger partial charge in [-0.2, -0.15) is 4.37 Å². The number of anilines is 1. The highest BCUT2D eigenvalue weighted by atomic mass is 32.1. The SMILES string of the molecule is CCc1nsc(NCc2ccccc2OC(F)(F)F)n1. The fourth-order valence-electron chi connectivity index (χ4n) is 1.51. The van der Waals surface area contributed by atoms with E-state index in [-0.39, 0.29) is 12.3 Å². The number of halogens is 3. The molecule has 8 heteroatoms. The van der Waals surface area contributed by atoms with Crippen LogP contribution < -0.4 is 10.1 Å². The number of para-hydroxylation sites is 1. The van der Waals surface area contributed by atoms with E-state index in [4.69, 9.17) is 0 Å². The fraction of sp³-hybridized carbons (Fsp3) is 0.333. The molecule has 0 fully saturated rings. The third-order valence-corrected chi connectivity index (χ3v) is 3.12. The van der Waals surface area contributed by atoms with Crippen molar-refractivity contribution in [1.29, 1.82) is 0 Å². The number of hydrogen-bond acceptors (Lipinski definition) is 5. The zero-order valence-electron chi connectivity index (χ0n) is 10.6. The van der Waals surface area contributed by atoms with E-state index in [1.165, 1.54) is 23.7 Å². The lowest BCUT2D eigenvalue weighted by atomic mass is 10.2. The first-order valence-electron chi connectivity index (χ1n) is 5.88. The highest BCUT2D eigenvalue weighted by molar-refractivity contribution is 7.09. The quantitative estimate of drug-likeness (QED) is 0.916. The zero-order chi connectivity index (χ0) is 14.6. The van der Waals surface area contributed by atoms with Gasteiger partial charge in [0.05, 0.1) is 0 Å². The van der Waals surface area contributed by atoms with Crippen molar-refractivity contribution in [2.75, 3.05) is 5.32 Å². The molecule has 0 aliphatic rings. The van der Waals surface area contributed by atoms with E-state index in [0.29, 0.717) is 22.9 Å². The van der Waals surface area contributed by atoms with Crippen LogP contribution in [0.2, 0.25) is 0 Å². The minimum Gasteiger partial charge on any atom is -0.405 e. The van der Waals surface area contributed by atoms with Gasteiger partial charge in [0.1, 0.15) is 11.6 Å². The van der Waals surface area contributed by atoms with Crippen molar-refractivity contribution in [3.05, 3.63) is 35.7 Å². The standard InChI is InChI=1S/C12H12F3N3OS/c1-2-10-17-11(20-18-10)16-7-8-5-3-4-6-9(8)19-12(13,14)15/h3-6H,2,7H2,1H3,(H,16,17,18). The number of hydrogen-bond donors (Lipinski definition) is 1. The molecule has 4 nitrogen and oxygen atoms in total. The molecule has 0 unspecified atom stereocenters. The Balaban J connectivity index is 2.05. The van der Waals surface area contributed by atoms with Gasteiger partial charge in [-0.1, -0.05) is 25.1 Å². The highest BCUT2D eigenvalue weighted by Gasteiger charge is 2.31. The summed E-state index contributed by atoms with van der Waals surface area (Å²) in [5.74, 6) is 0.491. The highest BCUT2D eigenvalue weighted by Crippen LogP contribution is 2.26. The number of alkyl halides is 3. The summed E-state index contributed by atoms with van der Waals surface area (Å²) in [5, 5.41) is 3.51. The molecule has 0 atom stereocenters. The molecule has 2 aromatic rings. The Morgan fingerprint density at radius 2 is 2.05 bits per heavy atom. The first-order valence-corrected chi connectivity index (χ1v) is 6.65. The molecule has 1 heterocycles. The number of rotatable bonds is 5. The molecule has 2 rings (SSSR count). The average molecular weight is 303 g/mol. The number of nitrogens with zero attached hydrogens (tertiary/aromatic N) is 2. The summed E-state index contributed by atoms with van der Waals surface area (Å²) in [4.78, 5) is 4.18. The monoisotopic (exact) mass is 303 g/mol. The molecule has 108 valence electrons. The van der Waals surface area contributed by atoms with Crippen LogP contribution in [0, 0.1) is 0 Å². The minimum atomic E-state index is -4.70. The van der Waals surface area contributed by atoms with Crippen molar-refractivity contribution in [3.63, 3.8) is 0 Å². The van der Waals surface area contributed by atoms with Crippen LogP contribution in [0.3, 0.4) is 0 Å². The first-order chi connectivity index (χ1) is 9.48. The van der Waals surface area contributed by atoms with Gasteiger partial charge in [0, 0.05) is 30.1 Å². The van der Waals surface area contributed by atoms with Crippen molar-refractivity contribution in [2.45, 2.75) is 26.3 Å². The molecule has 0 radical (unpaired) electrons. The van der Waals surface area contributed by atoms with Gasteiger partial charge in [-0.05, 0) is 6.07 Å². The molecular weight excluding hydrogens is 291 g/mol. The lowest BCUT2D eigenvalue weighted by Crippen LogP contribution is -2.18. The van der Waals surface area contributed by atoms with Crippen LogP contribution in [0.15, 0.2) is 24.3 Å². The second-order valence-electron chi connectivity index (χ2n) is 3.88. The smallest absolute Gasteiger partial charge is 0.405 e. The van der Waals surface area contributed by atoms with Gasteiger partial charge >= 0.3 is 6.36 Å². The van der Waals surface area contributed by atoms with Crippen molar-refractivity contribution in [2.24, 2.45) is 0 Å². The molecule has 0 aliphatic heterocycles. The van der Waals surface area contributed by atoms with E-state index in [0.717, 1.165) is 0 Å². The molecule has 0 aliphatic carbocycles. The lowest BCUT2D eigenvalue weighted by Gasteiger charge is -2.13. The molecule has 0 bridgehead atoms. The average Bonchev–Trinajstić information content (AvgIpc) is 2.84. The summed E-state index contributed by atoms with van der Waals surface area (Å²) < 4.78 is 44.9. The van der Waals surface area contributed by atoms with Gasteiger partial charge in [-0.15, -0.1) is 13.2 Å². The second kappa shape index (κ2) is 6.08. The summed E-state index contributed by atoms with van der Waals surface area (Å²) in [6.07, 6.45) is -3.99. The molecule has 0 amide bonds. The summed E-state index contributed by atoms with van der Waals surface area (Å²) >= 11 is 1.18. The molecule has 0 saturated heterocycles. The fourth-order valence-corrected chi connectivity index (χ4v) is 2.16. The Labute approximate surface area is 117 Å². The van der Waals surface area contributed by atoms with Crippen LogP contribution in [-0.4, -0.2) is 15.7 Å². The van der Waals surface area contributed by atoms with Crippen molar-refractivity contribution < 1.29 is 17.9 Å². The molecular formula is C12H12F3N3OS. The number of nitrogens with one attached hydrogen (secondary N) is 1. The summed E-state index contributed by atoms with van der Waals surface area (Å²) in [6.45, 7) is 2.11. The second-order valence-corrected chi connectivity index (χ2v) is 4.63. The van der Waals surface area contributed by atoms with Crippen LogP contribution >= 0.6 is 11.5 Å². The minimum absolute atomic E-state index is 0.185. The normalized spacial score (nSPS) is 11.4. The maximum absolute atomic E-state index is 12.3. The molecule has 20 heavy (non-hydrogen) atoms. The van der Waals surface area contributed by atoms with Crippen LogP contribution in [0.4, 0.5) is 18.3 Å². The largest absolute Gasteiger partial charge is 0.573 e. The Hall–Kier alpha value is -1.83. The number of ether oxygens (including phenoxy) is 1. The third-order valence-electron chi connectivity index (χ3n) is 2.41. The topological polar surface area (TPSA) is 47.0 Å². The van der Waals surface area contributed by atoms with E-state index < -0.39 is 6.36 Å². The molecule has 1 N–H and O–H groups in total. The van der Waals surface area contributed by atoms with Crippen molar-refractivity contribution >= 4 is 16.7 Å². The van der Waals surface area contributed by atoms with Gasteiger partial charge in [0.2, 0.25) is 5.13 Å². The molecule has 0 spiro atoms. The Morgan fingerprint density at radius 3 is 2.70 bits per heavy atom. The van der Waals surface area contributed by atoms with Crippen molar-refractivity contribution in [1.82, 2.24) is 9.36 Å². The Bertz CT molecular complexity index is 571. The summed E-state index contributed by atoms with van der Waals surface area (Å²) in [5.41, 5.74) is 0.401. The van der Waals surface area contributed by atoms with Gasteiger partial charge in [-0.3, -0.25) is 0 Å². The van der Waals surface area contributed by atoms with Gasteiger partial charge in [-0.25, -0.2) is 4.98 Å². The summed E-state index contributed by atoms with van der Waals surface area (Å²) in [7, 11) is 0. The molecule has 0 saturated carbocycles. The number of aromatic nitrogens is 2. The maximum atomic E-state index is 12.3. The number of benzene rings is 1. The zero-order valence-corrected chi connectivity index (χ0v) is 11.4. The Morgan fingerprint density at radius 1 is 1.30 bits per heavy atom. The van der Waals surface area contributed by atoms with E-state index in [1.807, 2.05) is 6.92 Å². The third kappa shape index (κ3) is 4.09. The first kappa shape index (κ1) is 14.6. The van der Waals surface area contributed by atoms with E-state index >= 15 is 0 Å².